The Kier molecular flexibility index (Phi) is 6.95. The van der Waals surface area contributed by atoms with E-state index in [9.17, 15) is 4.79 Å². The summed E-state index contributed by atoms with van der Waals surface area (Å²) in [6.45, 7) is 1.87. The van der Waals surface area contributed by atoms with Crippen LogP contribution < -0.4 is 10.1 Å². The lowest BCUT2D eigenvalue weighted by atomic mass is 10.2. The molecule has 0 saturated carbocycles. The van der Waals surface area contributed by atoms with Crippen LogP contribution in [0.4, 0.5) is 5.13 Å². The fourth-order valence-electron chi connectivity index (χ4n) is 2.16. The summed E-state index contributed by atoms with van der Waals surface area (Å²) >= 11 is 14.7. The highest BCUT2D eigenvalue weighted by atomic mass is 35.5. The summed E-state index contributed by atoms with van der Waals surface area (Å²) in [5, 5.41) is 12.0. The van der Waals surface area contributed by atoms with Crippen LogP contribution in [0.1, 0.15) is 11.1 Å². The summed E-state index contributed by atoms with van der Waals surface area (Å²) in [7, 11) is 0. The van der Waals surface area contributed by atoms with E-state index in [2.05, 4.69) is 40.6 Å². The Labute approximate surface area is 175 Å². The van der Waals surface area contributed by atoms with Crippen LogP contribution in [-0.4, -0.2) is 22.7 Å². The van der Waals surface area contributed by atoms with Crippen molar-refractivity contribution in [2.75, 3.05) is 11.9 Å². The minimum Gasteiger partial charge on any atom is -0.482 e. The van der Waals surface area contributed by atoms with Crippen molar-refractivity contribution in [2.24, 2.45) is 0 Å². The summed E-state index contributed by atoms with van der Waals surface area (Å²) in [5.74, 6) is 0.845. The fraction of sp³-hybridized carbons (Fsp3) is 0.167. The first-order valence-corrected chi connectivity index (χ1v) is 10.4. The van der Waals surface area contributed by atoms with Gasteiger partial charge in [0.1, 0.15) is 5.75 Å². The maximum absolute atomic E-state index is 12.0. The van der Waals surface area contributed by atoms with Crippen molar-refractivity contribution in [2.45, 2.75) is 17.0 Å². The van der Waals surface area contributed by atoms with Gasteiger partial charge in [0.25, 0.3) is 5.91 Å². The Bertz CT molecular complexity index is 950. The second kappa shape index (κ2) is 9.41. The minimum atomic E-state index is -0.340. The van der Waals surface area contributed by atoms with E-state index >= 15 is 0 Å². The van der Waals surface area contributed by atoms with E-state index in [1.54, 1.807) is 30.0 Å². The van der Waals surface area contributed by atoms with E-state index in [1.165, 1.54) is 22.5 Å². The summed E-state index contributed by atoms with van der Waals surface area (Å²) in [4.78, 5) is 12.0. The molecule has 0 unspecified atom stereocenters. The molecule has 0 aliphatic carbocycles. The van der Waals surface area contributed by atoms with E-state index < -0.39 is 0 Å². The zero-order chi connectivity index (χ0) is 19.2. The van der Waals surface area contributed by atoms with E-state index in [1.807, 2.05) is 6.07 Å². The molecule has 3 aromatic rings. The average Bonchev–Trinajstić information content (AvgIpc) is 3.06. The zero-order valence-electron chi connectivity index (χ0n) is 14.2. The molecule has 0 radical (unpaired) electrons. The van der Waals surface area contributed by atoms with Crippen LogP contribution in [0, 0.1) is 6.92 Å². The molecule has 0 fully saturated rings. The number of carbonyl (C=O) groups is 1. The number of hydrogen-bond acceptors (Lipinski definition) is 6. The first-order chi connectivity index (χ1) is 13.0. The summed E-state index contributed by atoms with van der Waals surface area (Å²) in [5.41, 5.74) is 2.44. The van der Waals surface area contributed by atoms with E-state index in [0.717, 1.165) is 10.1 Å². The molecule has 0 bridgehead atoms. The number of ether oxygens (including phenoxy) is 1. The van der Waals surface area contributed by atoms with E-state index in [0.29, 0.717) is 20.9 Å². The average molecular weight is 440 g/mol. The van der Waals surface area contributed by atoms with Crippen LogP contribution in [0.2, 0.25) is 10.0 Å². The monoisotopic (exact) mass is 439 g/mol. The Hall–Kier alpha value is -1.80. The van der Waals surface area contributed by atoms with Gasteiger partial charge in [0.2, 0.25) is 5.13 Å². The molecule has 1 amide bonds. The molecule has 1 heterocycles. The third-order valence-electron chi connectivity index (χ3n) is 3.35. The minimum absolute atomic E-state index is 0.188. The molecule has 0 aliphatic rings. The van der Waals surface area contributed by atoms with Crippen molar-refractivity contribution >= 4 is 57.3 Å². The van der Waals surface area contributed by atoms with Crippen molar-refractivity contribution in [3.05, 3.63) is 63.6 Å². The number of hydrogen-bond donors (Lipinski definition) is 1. The second-order valence-corrected chi connectivity index (χ2v) is 8.61. The van der Waals surface area contributed by atoms with Crippen LogP contribution in [-0.2, 0) is 10.5 Å². The highest BCUT2D eigenvalue weighted by Crippen LogP contribution is 2.29. The third kappa shape index (κ3) is 6.10. The lowest BCUT2D eigenvalue weighted by Crippen LogP contribution is -2.20. The normalized spacial score (nSPS) is 10.6. The van der Waals surface area contributed by atoms with Crippen molar-refractivity contribution < 1.29 is 9.53 Å². The molecule has 140 valence electrons. The Morgan fingerprint density at radius 3 is 2.85 bits per heavy atom. The van der Waals surface area contributed by atoms with E-state index in [-0.39, 0.29) is 12.5 Å². The van der Waals surface area contributed by atoms with Gasteiger partial charge >= 0.3 is 0 Å². The molecule has 0 aliphatic heterocycles. The Morgan fingerprint density at radius 2 is 2.07 bits per heavy atom. The van der Waals surface area contributed by atoms with Crippen molar-refractivity contribution in [1.82, 2.24) is 10.2 Å². The van der Waals surface area contributed by atoms with Crippen molar-refractivity contribution in [3.63, 3.8) is 0 Å². The number of rotatable bonds is 7. The number of aryl methyl sites for hydroxylation is 1. The maximum atomic E-state index is 12.0. The number of nitrogens with one attached hydrogen (secondary N) is 1. The van der Waals surface area contributed by atoms with Gasteiger partial charge in [0, 0.05) is 10.8 Å². The van der Waals surface area contributed by atoms with Crippen LogP contribution in [0.15, 0.2) is 46.8 Å². The molecule has 27 heavy (non-hydrogen) atoms. The van der Waals surface area contributed by atoms with Gasteiger partial charge in [-0.2, -0.15) is 0 Å². The number of thioether (sulfide) groups is 1. The molecular formula is C18H15Cl2N3O2S2. The van der Waals surface area contributed by atoms with Gasteiger partial charge in [-0.1, -0.05) is 76.1 Å². The lowest BCUT2D eigenvalue weighted by molar-refractivity contribution is -0.118. The van der Waals surface area contributed by atoms with Crippen LogP contribution in [0.25, 0.3) is 0 Å². The first-order valence-electron chi connectivity index (χ1n) is 7.89. The molecule has 5 nitrogen and oxygen atoms in total. The van der Waals surface area contributed by atoms with Gasteiger partial charge in [-0.15, -0.1) is 10.2 Å². The number of amides is 1. The third-order valence-corrected chi connectivity index (χ3v) is 5.92. The standard InChI is InChI=1S/C18H15Cl2N3O2S2/c1-11-3-2-4-12(7-11)10-26-18-23-22-17(27-18)21-16(24)9-25-15-6-5-13(19)8-14(15)20/h2-8H,9-10H2,1H3,(H,21,22,24). The number of benzene rings is 2. The van der Waals surface area contributed by atoms with Gasteiger partial charge in [0.15, 0.2) is 10.9 Å². The first kappa shape index (κ1) is 19.9. The number of carbonyl (C=O) groups excluding carboxylic acids is 1. The lowest BCUT2D eigenvalue weighted by Gasteiger charge is -2.07. The topological polar surface area (TPSA) is 64.1 Å². The predicted molar refractivity (Wildman–Crippen MR) is 111 cm³/mol. The number of aromatic nitrogens is 2. The number of anilines is 1. The van der Waals surface area contributed by atoms with Gasteiger partial charge in [-0.25, -0.2) is 0 Å². The fourth-order valence-corrected chi connectivity index (χ4v) is 4.33. The summed E-state index contributed by atoms with van der Waals surface area (Å²) < 4.78 is 6.18. The maximum Gasteiger partial charge on any atom is 0.264 e. The highest BCUT2D eigenvalue weighted by molar-refractivity contribution is 8.00. The summed E-state index contributed by atoms with van der Waals surface area (Å²) in [6.07, 6.45) is 0. The summed E-state index contributed by atoms with van der Waals surface area (Å²) in [6, 6.07) is 13.1. The van der Waals surface area contributed by atoms with Gasteiger partial charge in [0.05, 0.1) is 5.02 Å². The van der Waals surface area contributed by atoms with Gasteiger partial charge < -0.3 is 4.74 Å². The quantitative estimate of drug-likeness (QED) is 0.390. The largest absolute Gasteiger partial charge is 0.482 e. The SMILES string of the molecule is Cc1cccc(CSc2nnc(NC(=O)COc3ccc(Cl)cc3Cl)s2)c1. The highest BCUT2D eigenvalue weighted by Gasteiger charge is 2.11. The molecule has 1 N–H and O–H groups in total. The molecule has 1 aromatic heterocycles. The molecule has 0 atom stereocenters. The number of nitrogens with zero attached hydrogens (tertiary/aromatic N) is 2. The van der Waals surface area contributed by atoms with Crippen LogP contribution >= 0.6 is 46.3 Å². The van der Waals surface area contributed by atoms with Crippen molar-refractivity contribution in [3.8, 4) is 5.75 Å². The molecule has 0 spiro atoms. The smallest absolute Gasteiger partial charge is 0.264 e. The van der Waals surface area contributed by atoms with E-state index in [4.69, 9.17) is 27.9 Å². The second-order valence-electron chi connectivity index (χ2n) is 5.56. The van der Waals surface area contributed by atoms with Crippen molar-refractivity contribution in [1.29, 1.82) is 0 Å². The predicted octanol–water partition coefficient (Wildman–Crippen LogP) is 5.46. The molecule has 0 saturated heterocycles. The van der Waals surface area contributed by atoms with Crippen LogP contribution in [0.3, 0.4) is 0 Å². The number of halogens is 2. The zero-order valence-corrected chi connectivity index (χ0v) is 17.4. The molecule has 9 heteroatoms. The van der Waals surface area contributed by atoms with Gasteiger partial charge in [-0.05, 0) is 30.7 Å². The molecule has 3 rings (SSSR count). The molecule has 2 aromatic carbocycles. The Balaban J connectivity index is 1.48. The Morgan fingerprint density at radius 1 is 1.22 bits per heavy atom. The van der Waals surface area contributed by atoms with Crippen LogP contribution in [0.5, 0.6) is 5.75 Å². The molecular weight excluding hydrogens is 425 g/mol. The van der Waals surface area contributed by atoms with Gasteiger partial charge in [-0.3, -0.25) is 10.1 Å².